The topological polar surface area (TPSA) is 25.8 Å². The summed E-state index contributed by atoms with van der Waals surface area (Å²) in [5, 5.41) is 2.14. The molecule has 1 aromatic rings. The highest BCUT2D eigenvalue weighted by atomic mass is 35.5. The van der Waals surface area contributed by atoms with E-state index in [1.165, 1.54) is 6.33 Å². The maximum atomic E-state index is 5.89. The average Bonchev–Trinajstić information content (AvgIpc) is 2.11. The van der Waals surface area contributed by atoms with Crippen LogP contribution in [-0.4, -0.2) is 17.8 Å². The van der Waals surface area contributed by atoms with E-state index >= 15 is 0 Å². The first kappa shape index (κ1) is 10.3. The van der Waals surface area contributed by atoms with Crippen LogP contribution in [-0.2, 0) is 0 Å². The fraction of sp³-hybridized carbons (Fsp3) is 0.333. The lowest BCUT2D eigenvalue weighted by atomic mass is 10.0. The van der Waals surface area contributed by atoms with Crippen LogP contribution < -0.4 is 10.6 Å². The molecule has 0 N–H and O–H groups in total. The highest BCUT2D eigenvalue weighted by Crippen LogP contribution is 1.90. The van der Waals surface area contributed by atoms with Gasteiger partial charge in [0.15, 0.2) is 0 Å². The molecule has 0 bridgehead atoms. The summed E-state index contributed by atoms with van der Waals surface area (Å²) >= 11 is 5.89. The maximum absolute atomic E-state index is 5.89. The van der Waals surface area contributed by atoms with E-state index in [-0.39, 0.29) is 0 Å². The van der Waals surface area contributed by atoms with Gasteiger partial charge in [0.1, 0.15) is 11.5 Å². The summed E-state index contributed by atoms with van der Waals surface area (Å²) in [5.74, 6) is 0. The molecule has 4 heteroatoms. The van der Waals surface area contributed by atoms with Crippen molar-refractivity contribution in [1.82, 2.24) is 9.97 Å². The number of nitrogens with zero attached hydrogens (tertiary/aromatic N) is 2. The molecule has 0 aliphatic carbocycles. The Bertz CT molecular complexity index is 389. The van der Waals surface area contributed by atoms with Crippen LogP contribution in [0.4, 0.5) is 0 Å². The Kier molecular flexibility index (Phi) is 3.96. The predicted molar refractivity (Wildman–Crippen MR) is 56.1 cm³/mol. The molecule has 0 aromatic carbocycles. The Hall–Kier alpha value is -0.825. The normalized spacial score (nSPS) is 13.7. The molecule has 0 fully saturated rings. The van der Waals surface area contributed by atoms with Crippen molar-refractivity contribution >= 4 is 31.6 Å². The smallest absolute Gasteiger partial charge is 0.139 e. The fourth-order valence-electron chi connectivity index (χ4n) is 1.05. The van der Waals surface area contributed by atoms with Crippen molar-refractivity contribution in [2.75, 3.05) is 0 Å². The van der Waals surface area contributed by atoms with Crippen LogP contribution in [0, 0.1) is 0 Å². The molecular weight excluding hydrogens is 182 g/mol. The fourth-order valence-corrected chi connectivity index (χ4v) is 1.27. The van der Waals surface area contributed by atoms with Gasteiger partial charge in [0.05, 0.1) is 13.2 Å². The van der Waals surface area contributed by atoms with E-state index in [0.717, 1.165) is 17.0 Å². The third-order valence-electron chi connectivity index (χ3n) is 1.59. The van der Waals surface area contributed by atoms with Crippen molar-refractivity contribution in [1.29, 1.82) is 0 Å². The van der Waals surface area contributed by atoms with Crippen LogP contribution in [0.5, 0.6) is 0 Å². The molecule has 66 valence electrons. The lowest BCUT2D eigenvalue weighted by Crippen LogP contribution is -2.29. The molecule has 1 heterocycles. The van der Waals surface area contributed by atoms with E-state index in [1.54, 1.807) is 0 Å². The van der Waals surface area contributed by atoms with Crippen LogP contribution >= 0.6 is 11.6 Å². The van der Waals surface area contributed by atoms with Gasteiger partial charge >= 0.3 is 0 Å². The molecule has 2 nitrogen and oxygen atoms in total. The maximum Gasteiger partial charge on any atom is 0.139 e. The Balaban J connectivity index is 3.44. The molecule has 13 heavy (non-hydrogen) atoms. The summed E-state index contributed by atoms with van der Waals surface area (Å²) in [6.07, 6.45) is 6.63. The zero-order chi connectivity index (χ0) is 9.68. The number of hydrogen-bond donors (Lipinski definition) is 0. The number of aromatic nitrogens is 2. The summed E-state index contributed by atoms with van der Waals surface area (Å²) in [6, 6.07) is 0. The van der Waals surface area contributed by atoms with E-state index < -0.39 is 0 Å². The molecule has 0 atom stereocenters. The second kappa shape index (κ2) is 5.02. The van der Waals surface area contributed by atoms with Crippen molar-refractivity contribution in [2.24, 2.45) is 0 Å². The average molecular weight is 192 g/mol. The zero-order valence-corrected chi connectivity index (χ0v) is 8.25. The molecule has 1 aromatic heterocycles. The molecule has 0 aliphatic heterocycles. The standard InChI is InChI=1S/C9H10BClN2/c1-2-3-8-7(4-5-10)9(11)13-6-12-8/h3-4,6H,2,5H2,1H3/b7-4+,8-3+. The first-order valence-corrected chi connectivity index (χ1v) is 4.54. The molecule has 0 unspecified atom stereocenters. The Morgan fingerprint density at radius 1 is 1.46 bits per heavy atom. The van der Waals surface area contributed by atoms with Gasteiger partial charge in [0.25, 0.3) is 0 Å². The Morgan fingerprint density at radius 3 is 2.85 bits per heavy atom. The molecular formula is C9H10BClN2. The first-order valence-electron chi connectivity index (χ1n) is 4.16. The van der Waals surface area contributed by atoms with Gasteiger partial charge in [0, 0.05) is 5.22 Å². The van der Waals surface area contributed by atoms with Gasteiger partial charge in [0.2, 0.25) is 0 Å². The Morgan fingerprint density at radius 2 is 2.23 bits per heavy atom. The van der Waals surface area contributed by atoms with Gasteiger partial charge in [-0.2, -0.15) is 0 Å². The molecule has 2 radical (unpaired) electrons. The number of hydrogen-bond acceptors (Lipinski definition) is 2. The van der Waals surface area contributed by atoms with Gasteiger partial charge in [-0.3, -0.25) is 0 Å². The minimum absolute atomic E-state index is 0.442. The SMILES string of the molecule is [B]C/C=c1/c(Cl)ncn/c1=C/CC. The van der Waals surface area contributed by atoms with Gasteiger partial charge in [-0.1, -0.05) is 37.0 Å². The highest BCUT2D eigenvalue weighted by Gasteiger charge is 1.93. The summed E-state index contributed by atoms with van der Waals surface area (Å²) in [4.78, 5) is 8.00. The van der Waals surface area contributed by atoms with Crippen molar-refractivity contribution < 1.29 is 0 Å². The van der Waals surface area contributed by atoms with Crippen LogP contribution in [0.2, 0.25) is 11.5 Å². The van der Waals surface area contributed by atoms with Crippen molar-refractivity contribution in [3.8, 4) is 0 Å². The van der Waals surface area contributed by atoms with E-state index in [2.05, 4.69) is 9.97 Å². The molecule has 0 saturated heterocycles. The van der Waals surface area contributed by atoms with E-state index in [9.17, 15) is 0 Å². The summed E-state index contributed by atoms with van der Waals surface area (Å²) in [5.41, 5.74) is 0. The second-order valence-corrected chi connectivity index (χ2v) is 2.87. The third-order valence-corrected chi connectivity index (χ3v) is 1.89. The quantitative estimate of drug-likeness (QED) is 0.509. The van der Waals surface area contributed by atoms with Gasteiger partial charge < -0.3 is 0 Å². The summed E-state index contributed by atoms with van der Waals surface area (Å²) < 4.78 is 0. The third kappa shape index (κ3) is 2.56. The van der Waals surface area contributed by atoms with Crippen LogP contribution in [0.1, 0.15) is 13.3 Å². The van der Waals surface area contributed by atoms with Crippen molar-refractivity contribution in [2.45, 2.75) is 19.7 Å². The van der Waals surface area contributed by atoms with Crippen LogP contribution in [0.25, 0.3) is 12.2 Å². The van der Waals surface area contributed by atoms with Gasteiger partial charge in [-0.05, 0) is 6.42 Å². The van der Waals surface area contributed by atoms with Crippen molar-refractivity contribution in [3.05, 3.63) is 22.0 Å². The summed E-state index contributed by atoms with van der Waals surface area (Å²) in [6.45, 7) is 2.04. The van der Waals surface area contributed by atoms with Gasteiger partial charge in [-0.25, -0.2) is 9.97 Å². The largest absolute Gasteiger partial charge is 0.237 e. The Labute approximate surface area is 83.8 Å². The first-order chi connectivity index (χ1) is 6.29. The lowest BCUT2D eigenvalue weighted by Gasteiger charge is -1.92. The van der Waals surface area contributed by atoms with Gasteiger partial charge in [-0.15, -0.1) is 0 Å². The highest BCUT2D eigenvalue weighted by molar-refractivity contribution is 6.29. The second-order valence-electron chi connectivity index (χ2n) is 2.52. The number of halogens is 1. The predicted octanol–water partition coefficient (Wildman–Crippen LogP) is 0.688. The molecule has 1 rings (SSSR count). The minimum Gasteiger partial charge on any atom is -0.237 e. The molecule has 0 amide bonds. The molecule has 0 saturated carbocycles. The van der Waals surface area contributed by atoms with E-state index in [4.69, 9.17) is 19.4 Å². The lowest BCUT2D eigenvalue weighted by molar-refractivity contribution is 1.09. The van der Waals surface area contributed by atoms with Crippen LogP contribution in [0.15, 0.2) is 6.33 Å². The minimum atomic E-state index is 0.442. The summed E-state index contributed by atoms with van der Waals surface area (Å²) in [7, 11) is 5.41. The zero-order valence-electron chi connectivity index (χ0n) is 7.50. The van der Waals surface area contributed by atoms with Crippen molar-refractivity contribution in [3.63, 3.8) is 0 Å². The van der Waals surface area contributed by atoms with E-state index in [0.29, 0.717) is 11.5 Å². The monoisotopic (exact) mass is 192 g/mol. The number of rotatable bonds is 2. The van der Waals surface area contributed by atoms with E-state index in [1.807, 2.05) is 19.1 Å². The molecule has 0 spiro atoms. The molecule has 0 aliphatic rings. The van der Waals surface area contributed by atoms with Crippen LogP contribution in [0.3, 0.4) is 0 Å².